The lowest BCUT2D eigenvalue weighted by atomic mass is 9.88. The molecule has 1 amide bonds. The van der Waals surface area contributed by atoms with Gasteiger partial charge < -0.3 is 14.8 Å². The number of rotatable bonds is 6. The number of hydrogen-bond acceptors (Lipinski definition) is 7. The van der Waals surface area contributed by atoms with Crippen LogP contribution in [0.15, 0.2) is 24.3 Å². The SMILES string of the molecule is CCOC(=O)c1c(NC(=O)[C@@H](C)OC(=O)c2ccc(C#N)cc2)sc2c1CC[C@@H](C)C2. The van der Waals surface area contributed by atoms with Gasteiger partial charge in [-0.2, -0.15) is 5.26 Å². The Bertz CT molecular complexity index is 1040. The van der Waals surface area contributed by atoms with Crippen molar-refractivity contribution in [1.82, 2.24) is 0 Å². The van der Waals surface area contributed by atoms with Gasteiger partial charge in [0.1, 0.15) is 5.00 Å². The topological polar surface area (TPSA) is 105 Å². The summed E-state index contributed by atoms with van der Waals surface area (Å²) < 4.78 is 10.5. The smallest absolute Gasteiger partial charge is 0.341 e. The predicted octanol–water partition coefficient (Wildman–Crippen LogP) is 4.11. The van der Waals surface area contributed by atoms with Crippen LogP contribution in [0.5, 0.6) is 0 Å². The maximum absolute atomic E-state index is 12.7. The molecule has 0 aliphatic heterocycles. The van der Waals surface area contributed by atoms with E-state index >= 15 is 0 Å². The molecule has 0 saturated carbocycles. The molecule has 31 heavy (non-hydrogen) atoms. The number of ether oxygens (including phenoxy) is 2. The molecule has 0 saturated heterocycles. The van der Waals surface area contributed by atoms with Crippen LogP contribution < -0.4 is 5.32 Å². The van der Waals surface area contributed by atoms with E-state index in [-0.39, 0.29) is 12.2 Å². The summed E-state index contributed by atoms with van der Waals surface area (Å²) in [5.41, 5.74) is 2.02. The van der Waals surface area contributed by atoms with E-state index in [1.807, 2.05) is 6.07 Å². The zero-order valence-corrected chi connectivity index (χ0v) is 18.5. The normalized spacial score (nSPS) is 15.9. The van der Waals surface area contributed by atoms with Gasteiger partial charge in [0.05, 0.1) is 29.4 Å². The minimum Gasteiger partial charge on any atom is -0.462 e. The van der Waals surface area contributed by atoms with Gasteiger partial charge in [-0.05, 0) is 68.9 Å². The Morgan fingerprint density at radius 3 is 2.61 bits per heavy atom. The van der Waals surface area contributed by atoms with Crippen molar-refractivity contribution in [3.05, 3.63) is 51.4 Å². The second-order valence-electron chi connectivity index (χ2n) is 7.50. The van der Waals surface area contributed by atoms with E-state index in [0.717, 1.165) is 29.7 Å². The van der Waals surface area contributed by atoms with E-state index in [1.165, 1.54) is 42.5 Å². The number of amides is 1. The molecule has 0 fully saturated rings. The number of nitrogens with zero attached hydrogens (tertiary/aromatic N) is 1. The number of thiophene rings is 1. The van der Waals surface area contributed by atoms with Gasteiger partial charge >= 0.3 is 11.9 Å². The molecule has 3 rings (SSSR count). The summed E-state index contributed by atoms with van der Waals surface area (Å²) in [6.45, 7) is 5.61. The van der Waals surface area contributed by atoms with Crippen molar-refractivity contribution >= 4 is 34.2 Å². The number of nitrogens with one attached hydrogen (secondary N) is 1. The number of hydrogen-bond donors (Lipinski definition) is 1. The maximum Gasteiger partial charge on any atom is 0.341 e. The van der Waals surface area contributed by atoms with Crippen molar-refractivity contribution in [1.29, 1.82) is 5.26 Å². The summed E-state index contributed by atoms with van der Waals surface area (Å²) in [6, 6.07) is 7.92. The summed E-state index contributed by atoms with van der Waals surface area (Å²) in [7, 11) is 0. The van der Waals surface area contributed by atoms with E-state index in [9.17, 15) is 14.4 Å². The van der Waals surface area contributed by atoms with Gasteiger partial charge in [-0.15, -0.1) is 11.3 Å². The van der Waals surface area contributed by atoms with E-state index in [4.69, 9.17) is 14.7 Å². The first-order valence-corrected chi connectivity index (χ1v) is 11.0. The summed E-state index contributed by atoms with van der Waals surface area (Å²) >= 11 is 1.38. The molecule has 1 heterocycles. The molecule has 1 aliphatic carbocycles. The van der Waals surface area contributed by atoms with E-state index in [1.54, 1.807) is 6.92 Å². The van der Waals surface area contributed by atoms with Crippen molar-refractivity contribution in [3.8, 4) is 6.07 Å². The molecule has 7 nitrogen and oxygen atoms in total. The number of carbonyl (C=O) groups is 3. The maximum atomic E-state index is 12.7. The van der Waals surface area contributed by atoms with Crippen LogP contribution in [-0.4, -0.2) is 30.6 Å². The highest BCUT2D eigenvalue weighted by molar-refractivity contribution is 7.17. The fourth-order valence-electron chi connectivity index (χ4n) is 3.43. The molecule has 0 unspecified atom stereocenters. The van der Waals surface area contributed by atoms with Crippen LogP contribution in [0.2, 0.25) is 0 Å². The third-order valence-corrected chi connectivity index (χ3v) is 6.30. The molecule has 1 aliphatic rings. The molecule has 8 heteroatoms. The summed E-state index contributed by atoms with van der Waals surface area (Å²) in [5, 5.41) is 12.0. The molecule has 0 radical (unpaired) electrons. The first-order valence-electron chi connectivity index (χ1n) is 10.2. The molecular formula is C23H24N2O5S. The van der Waals surface area contributed by atoms with Crippen LogP contribution in [0.4, 0.5) is 5.00 Å². The lowest BCUT2D eigenvalue weighted by molar-refractivity contribution is -0.123. The number of nitriles is 1. The molecule has 162 valence electrons. The fraction of sp³-hybridized carbons (Fsp3) is 0.391. The zero-order valence-electron chi connectivity index (χ0n) is 17.7. The average Bonchev–Trinajstić information content (AvgIpc) is 3.10. The highest BCUT2D eigenvalue weighted by Crippen LogP contribution is 2.40. The summed E-state index contributed by atoms with van der Waals surface area (Å²) in [6.07, 6.45) is 1.52. The third-order valence-electron chi connectivity index (χ3n) is 5.13. The van der Waals surface area contributed by atoms with Crippen LogP contribution in [0.3, 0.4) is 0 Å². The predicted molar refractivity (Wildman–Crippen MR) is 116 cm³/mol. The van der Waals surface area contributed by atoms with Gasteiger partial charge in [0.25, 0.3) is 5.91 Å². The number of anilines is 1. The van der Waals surface area contributed by atoms with Crippen molar-refractivity contribution in [2.75, 3.05) is 11.9 Å². The lowest BCUT2D eigenvalue weighted by Crippen LogP contribution is -2.30. The third kappa shape index (κ3) is 5.12. The Morgan fingerprint density at radius 1 is 1.26 bits per heavy atom. The minimum absolute atomic E-state index is 0.242. The molecule has 1 aromatic heterocycles. The van der Waals surface area contributed by atoms with Crippen molar-refractivity contribution < 1.29 is 23.9 Å². The van der Waals surface area contributed by atoms with Gasteiger partial charge in [-0.25, -0.2) is 9.59 Å². The Morgan fingerprint density at radius 2 is 1.97 bits per heavy atom. The largest absolute Gasteiger partial charge is 0.462 e. The quantitative estimate of drug-likeness (QED) is 0.678. The zero-order chi connectivity index (χ0) is 22.5. The van der Waals surface area contributed by atoms with Gasteiger partial charge in [0.2, 0.25) is 0 Å². The van der Waals surface area contributed by atoms with Crippen molar-refractivity contribution in [2.24, 2.45) is 5.92 Å². The second-order valence-corrected chi connectivity index (χ2v) is 8.61. The molecule has 1 N–H and O–H groups in total. The first kappa shape index (κ1) is 22.5. The molecule has 0 spiro atoms. The summed E-state index contributed by atoms with van der Waals surface area (Å²) in [4.78, 5) is 38.7. The molecular weight excluding hydrogens is 416 g/mol. The summed E-state index contributed by atoms with van der Waals surface area (Å²) in [5.74, 6) is -1.14. The highest BCUT2D eigenvalue weighted by atomic mass is 32.1. The number of benzene rings is 1. The van der Waals surface area contributed by atoms with E-state index < -0.39 is 23.9 Å². The second kappa shape index (κ2) is 9.75. The van der Waals surface area contributed by atoms with E-state index in [0.29, 0.717) is 22.0 Å². The Labute approximate surface area is 185 Å². The minimum atomic E-state index is -1.07. The van der Waals surface area contributed by atoms with Crippen LogP contribution in [0.25, 0.3) is 0 Å². The monoisotopic (exact) mass is 440 g/mol. The molecule has 2 atom stereocenters. The Balaban J connectivity index is 1.75. The number of fused-ring (bicyclic) bond motifs is 1. The number of carbonyl (C=O) groups excluding carboxylic acids is 3. The van der Waals surface area contributed by atoms with Crippen molar-refractivity contribution in [3.63, 3.8) is 0 Å². The molecule has 1 aromatic carbocycles. The van der Waals surface area contributed by atoms with Gasteiger partial charge in [-0.1, -0.05) is 6.92 Å². The Hall–Kier alpha value is -3.18. The van der Waals surface area contributed by atoms with E-state index in [2.05, 4.69) is 12.2 Å². The lowest BCUT2D eigenvalue weighted by Gasteiger charge is -2.18. The number of esters is 2. The fourth-order valence-corrected chi connectivity index (χ4v) is 4.84. The van der Waals surface area contributed by atoms with Crippen LogP contribution in [0.1, 0.15) is 63.9 Å². The van der Waals surface area contributed by atoms with Crippen molar-refractivity contribution in [2.45, 2.75) is 46.1 Å². The average molecular weight is 441 g/mol. The first-order chi connectivity index (χ1) is 14.8. The van der Waals surface area contributed by atoms with Gasteiger partial charge in [-0.3, -0.25) is 4.79 Å². The molecule has 2 aromatic rings. The van der Waals surface area contributed by atoms with Gasteiger partial charge in [0, 0.05) is 4.88 Å². The standard InChI is InChI=1S/C23H24N2O5S/c1-4-29-23(28)19-17-10-5-13(2)11-18(17)31-21(19)25-20(26)14(3)30-22(27)16-8-6-15(12-24)7-9-16/h6-9,13-14H,4-5,10-11H2,1-3H3,(H,25,26)/t13-,14-/m1/s1. The van der Waals surface area contributed by atoms with Crippen LogP contribution in [-0.2, 0) is 27.1 Å². The van der Waals surface area contributed by atoms with Crippen LogP contribution in [0, 0.1) is 17.2 Å². The highest BCUT2D eigenvalue weighted by Gasteiger charge is 2.30. The molecule has 0 bridgehead atoms. The Kier molecular flexibility index (Phi) is 7.08. The van der Waals surface area contributed by atoms with Crippen LogP contribution >= 0.6 is 11.3 Å². The van der Waals surface area contributed by atoms with Gasteiger partial charge in [0.15, 0.2) is 6.10 Å².